The number of hydrogen-bond donors (Lipinski definition) is 1. The molecule has 4 heteroatoms. The van der Waals surface area contributed by atoms with Gasteiger partial charge in [0.2, 0.25) is 0 Å². The zero-order chi connectivity index (χ0) is 10.3. The minimum atomic E-state index is -0.532. The normalized spacial score (nSPS) is 10.6. The Balaban J connectivity index is 0. The Morgan fingerprint density at radius 2 is 1.79 bits per heavy atom. The van der Waals surface area contributed by atoms with E-state index in [0.29, 0.717) is 11.8 Å². The molecular weight excluding hydrogens is 227 g/mol. The van der Waals surface area contributed by atoms with Crippen LogP contribution in [0.25, 0.3) is 0 Å². The molecule has 3 nitrogen and oxygen atoms in total. The van der Waals surface area contributed by atoms with Crippen molar-refractivity contribution in [1.82, 2.24) is 0 Å². The average Bonchev–Trinajstić information content (AvgIpc) is 2.01. The second-order valence-electron chi connectivity index (χ2n) is 4.58. The van der Waals surface area contributed by atoms with Gasteiger partial charge in [0.05, 0.1) is 0 Å². The summed E-state index contributed by atoms with van der Waals surface area (Å²) in [6, 6.07) is 0. The molecule has 0 heterocycles. The zero-order valence-corrected chi connectivity index (χ0v) is 10.2. The van der Waals surface area contributed by atoms with Gasteiger partial charge in [-0.1, -0.05) is 33.6 Å². The summed E-state index contributed by atoms with van der Waals surface area (Å²) in [6.45, 7) is 6.61. The van der Waals surface area contributed by atoms with Crippen molar-refractivity contribution in [3.8, 4) is 0 Å². The maximum atomic E-state index is 10.5. The van der Waals surface area contributed by atoms with E-state index >= 15 is 0 Å². The molecule has 0 unspecified atom stereocenters. The summed E-state index contributed by atoms with van der Waals surface area (Å²) in [4.78, 5) is 14.1. The summed E-state index contributed by atoms with van der Waals surface area (Å²) in [6.07, 6.45) is 4.44. The molecule has 0 atom stereocenters. The second-order valence-corrected chi connectivity index (χ2v) is 4.58. The van der Waals surface area contributed by atoms with Gasteiger partial charge in [0, 0.05) is 23.2 Å². The second kappa shape index (κ2) is 8.26. The van der Waals surface area contributed by atoms with E-state index in [-0.39, 0.29) is 16.8 Å². The third kappa shape index (κ3) is 11.9. The standard InChI is InChI=1S/C10H20O3.Co/c1-10(2,3)8-6-4-5-7-9(11)13-12;/h12H,4-8H2,1-3H3;. The Labute approximate surface area is 96.3 Å². The van der Waals surface area contributed by atoms with Gasteiger partial charge in [-0.15, -0.1) is 0 Å². The van der Waals surface area contributed by atoms with E-state index in [1.54, 1.807) is 0 Å². The fraction of sp³-hybridized carbons (Fsp3) is 0.900. The van der Waals surface area contributed by atoms with Crippen molar-refractivity contribution in [1.29, 1.82) is 0 Å². The summed E-state index contributed by atoms with van der Waals surface area (Å²) in [5.41, 5.74) is 0.373. The predicted octanol–water partition coefficient (Wildman–Crippen LogP) is 3.00. The first kappa shape index (κ1) is 16.4. The van der Waals surface area contributed by atoms with Gasteiger partial charge in [-0.2, -0.15) is 5.26 Å². The molecule has 0 spiro atoms. The molecule has 0 bridgehead atoms. The van der Waals surface area contributed by atoms with Crippen molar-refractivity contribution < 1.29 is 31.7 Å². The van der Waals surface area contributed by atoms with Gasteiger partial charge < -0.3 is 4.89 Å². The molecular formula is C10H20CoO3. The van der Waals surface area contributed by atoms with E-state index in [9.17, 15) is 4.79 Å². The maximum Gasteiger partial charge on any atom is 0.342 e. The van der Waals surface area contributed by atoms with Crippen molar-refractivity contribution >= 4 is 5.97 Å². The molecule has 0 aromatic rings. The van der Waals surface area contributed by atoms with Gasteiger partial charge >= 0.3 is 5.97 Å². The minimum absolute atomic E-state index is 0. The van der Waals surface area contributed by atoms with Crippen LogP contribution in [0.3, 0.4) is 0 Å². The summed E-state index contributed by atoms with van der Waals surface area (Å²) >= 11 is 0. The molecule has 1 N–H and O–H groups in total. The van der Waals surface area contributed by atoms with Crippen LogP contribution in [0.2, 0.25) is 0 Å². The molecule has 0 aliphatic heterocycles. The molecule has 0 fully saturated rings. The Bertz CT molecular complexity index is 152. The van der Waals surface area contributed by atoms with Crippen LogP contribution in [0.1, 0.15) is 52.9 Å². The molecule has 1 radical (unpaired) electrons. The predicted molar refractivity (Wildman–Crippen MR) is 51.3 cm³/mol. The fourth-order valence-corrected chi connectivity index (χ4v) is 1.15. The van der Waals surface area contributed by atoms with E-state index < -0.39 is 5.97 Å². The first-order chi connectivity index (χ1) is 5.95. The molecule has 0 aliphatic rings. The van der Waals surface area contributed by atoms with Crippen LogP contribution >= 0.6 is 0 Å². The van der Waals surface area contributed by atoms with Gasteiger partial charge in [0.15, 0.2) is 0 Å². The first-order valence-corrected chi connectivity index (χ1v) is 4.80. The van der Waals surface area contributed by atoms with Crippen LogP contribution in [0.15, 0.2) is 0 Å². The van der Waals surface area contributed by atoms with Crippen molar-refractivity contribution in [2.45, 2.75) is 52.9 Å². The van der Waals surface area contributed by atoms with Gasteiger partial charge in [0.1, 0.15) is 0 Å². The van der Waals surface area contributed by atoms with Crippen LogP contribution in [-0.2, 0) is 26.5 Å². The summed E-state index contributed by atoms with van der Waals surface area (Å²) in [7, 11) is 0. The molecule has 0 aromatic carbocycles. The largest absolute Gasteiger partial charge is 0.342 e. The quantitative estimate of drug-likeness (QED) is 0.461. The van der Waals surface area contributed by atoms with E-state index in [4.69, 9.17) is 5.26 Å². The van der Waals surface area contributed by atoms with Gasteiger partial charge in [0.25, 0.3) is 0 Å². The molecule has 0 saturated carbocycles. The number of carbonyl (C=O) groups excluding carboxylic acids is 1. The molecule has 0 aliphatic carbocycles. The fourth-order valence-electron chi connectivity index (χ4n) is 1.15. The molecule has 0 rings (SSSR count). The molecule has 87 valence electrons. The molecule has 0 saturated heterocycles. The number of unbranched alkanes of at least 4 members (excludes halogenated alkanes) is 2. The third-order valence-electron chi connectivity index (χ3n) is 1.91. The Kier molecular flexibility index (Phi) is 9.66. The van der Waals surface area contributed by atoms with Crippen LogP contribution in [-0.4, -0.2) is 11.2 Å². The van der Waals surface area contributed by atoms with Crippen LogP contribution in [0, 0.1) is 5.41 Å². The molecule has 0 aromatic heterocycles. The van der Waals surface area contributed by atoms with Crippen LogP contribution < -0.4 is 0 Å². The molecule has 14 heavy (non-hydrogen) atoms. The van der Waals surface area contributed by atoms with Crippen molar-refractivity contribution in [3.05, 3.63) is 0 Å². The average molecular weight is 247 g/mol. The minimum Gasteiger partial charge on any atom is -0.301 e. The topological polar surface area (TPSA) is 46.5 Å². The van der Waals surface area contributed by atoms with Crippen LogP contribution in [0.4, 0.5) is 0 Å². The smallest absolute Gasteiger partial charge is 0.301 e. The van der Waals surface area contributed by atoms with Crippen LogP contribution in [0.5, 0.6) is 0 Å². The maximum absolute atomic E-state index is 10.5. The Morgan fingerprint density at radius 1 is 1.21 bits per heavy atom. The van der Waals surface area contributed by atoms with E-state index in [2.05, 4.69) is 25.7 Å². The van der Waals surface area contributed by atoms with Gasteiger partial charge in [-0.05, 0) is 18.3 Å². The van der Waals surface area contributed by atoms with Gasteiger partial charge in [-0.3, -0.25) is 0 Å². The Hall–Kier alpha value is -0.0635. The van der Waals surface area contributed by atoms with Crippen molar-refractivity contribution in [2.24, 2.45) is 5.41 Å². The molecule has 0 amide bonds. The Morgan fingerprint density at radius 3 is 2.21 bits per heavy atom. The number of carbonyl (C=O) groups is 1. The first-order valence-electron chi connectivity index (χ1n) is 4.80. The number of rotatable bonds is 5. The van der Waals surface area contributed by atoms with E-state index in [1.807, 2.05) is 0 Å². The third-order valence-corrected chi connectivity index (χ3v) is 1.91. The number of hydrogen-bond acceptors (Lipinski definition) is 3. The van der Waals surface area contributed by atoms with Crippen molar-refractivity contribution in [2.75, 3.05) is 0 Å². The zero-order valence-electron chi connectivity index (χ0n) is 9.13. The van der Waals surface area contributed by atoms with Crippen molar-refractivity contribution in [3.63, 3.8) is 0 Å². The summed E-state index contributed by atoms with van der Waals surface area (Å²) in [5, 5.41) is 7.97. The SMILES string of the molecule is CC(C)(C)CCCCCC(=O)OO.[Co]. The summed E-state index contributed by atoms with van der Waals surface area (Å²) in [5.74, 6) is -0.532. The monoisotopic (exact) mass is 247 g/mol. The van der Waals surface area contributed by atoms with Gasteiger partial charge in [-0.25, -0.2) is 4.79 Å². The van der Waals surface area contributed by atoms with E-state index in [1.165, 1.54) is 6.42 Å². The summed E-state index contributed by atoms with van der Waals surface area (Å²) < 4.78 is 0. The van der Waals surface area contributed by atoms with E-state index in [0.717, 1.165) is 19.3 Å².